The first-order valence-corrected chi connectivity index (χ1v) is 19.4. The van der Waals surface area contributed by atoms with Crippen LogP contribution in [0.2, 0.25) is 0 Å². The van der Waals surface area contributed by atoms with Gasteiger partial charge in [-0.15, -0.1) is 0 Å². The van der Waals surface area contributed by atoms with E-state index in [1.54, 1.807) is 24.1 Å². The van der Waals surface area contributed by atoms with E-state index in [4.69, 9.17) is 9.84 Å². The van der Waals surface area contributed by atoms with E-state index in [0.29, 0.717) is 37.4 Å². The van der Waals surface area contributed by atoms with E-state index in [-0.39, 0.29) is 29.7 Å². The van der Waals surface area contributed by atoms with Crippen LogP contribution in [0, 0.1) is 16.2 Å². The third kappa shape index (κ3) is 7.85. The molecule has 2 bridgehead atoms. The molecule has 1 aliphatic carbocycles. The number of hydrogen-bond acceptors (Lipinski definition) is 7. The molecule has 5 aromatic rings. The van der Waals surface area contributed by atoms with Gasteiger partial charge in [0, 0.05) is 70.9 Å². The predicted octanol–water partition coefficient (Wildman–Crippen LogP) is 7.80. The summed E-state index contributed by atoms with van der Waals surface area (Å²) in [5.41, 5.74) is 1.43. The third-order valence-electron chi connectivity index (χ3n) is 11.4. The fourth-order valence-corrected chi connectivity index (χ4v) is 8.92. The first-order valence-electron chi connectivity index (χ1n) is 19.4. The Balaban J connectivity index is 1.04. The molecule has 2 fully saturated rings. The molecule has 3 N–H and O–H groups in total. The number of nitrogens with one attached hydrogen (secondary N) is 3. The highest BCUT2D eigenvalue weighted by atomic mass is 16.5. The number of imide groups is 1. The molecule has 1 saturated carbocycles. The lowest BCUT2D eigenvalue weighted by molar-refractivity contribution is -0.178. The van der Waals surface area contributed by atoms with Crippen molar-refractivity contribution in [1.82, 2.24) is 25.0 Å². The highest BCUT2D eigenvalue weighted by Crippen LogP contribution is 2.58. The lowest BCUT2D eigenvalue weighted by Gasteiger charge is -2.55. The predicted molar refractivity (Wildman–Crippen MR) is 220 cm³/mol. The van der Waals surface area contributed by atoms with Gasteiger partial charge in [0.15, 0.2) is 0 Å². The lowest BCUT2D eigenvalue weighted by Crippen LogP contribution is -2.63. The Labute approximate surface area is 333 Å². The van der Waals surface area contributed by atoms with Crippen LogP contribution in [-0.2, 0) is 32.8 Å². The van der Waals surface area contributed by atoms with E-state index in [2.05, 4.69) is 41.7 Å². The second kappa shape index (κ2) is 14.8. The van der Waals surface area contributed by atoms with E-state index >= 15 is 0 Å². The number of benzene rings is 3. The van der Waals surface area contributed by atoms with Crippen LogP contribution in [0.25, 0.3) is 16.5 Å². The van der Waals surface area contributed by atoms with Crippen LogP contribution in [0.3, 0.4) is 0 Å². The van der Waals surface area contributed by atoms with Gasteiger partial charge in [0.25, 0.3) is 0 Å². The summed E-state index contributed by atoms with van der Waals surface area (Å²) in [6, 6.07) is 24.5. The van der Waals surface area contributed by atoms with Crippen LogP contribution in [0.4, 0.5) is 16.3 Å². The number of rotatable bonds is 10. The molecule has 3 aromatic carbocycles. The van der Waals surface area contributed by atoms with Crippen molar-refractivity contribution in [2.45, 2.75) is 79.2 Å². The fraction of sp³-hybridized carbons (Fsp3) is 0.378. The Hall–Kier alpha value is -6.04. The Morgan fingerprint density at radius 3 is 2.11 bits per heavy atom. The molecule has 1 aliphatic heterocycles. The minimum atomic E-state index is -0.878. The number of anilines is 2. The number of pyridine rings is 1. The standard InChI is InChI=1S/C45H51N7O5/c1-42(2,3)36-24-37(49-41(56)48-34-16-17-35(33-11-9-8-10-32(33)34)57-23-20-29-18-21-46-22-19-29)52(50-36)31-14-12-30(13-15-31)25-47-38(53)43(4)26-44(5)28-45(6,27-43)40(55)51(7)39(44)54/h8-19,21-22,24H,20,23,25-28H2,1-7H3,(H,47,53)(H2,48,49,56). The molecule has 5 amide bonds. The minimum absolute atomic E-state index is 0.177. The van der Waals surface area contributed by atoms with Crippen molar-refractivity contribution in [2.75, 3.05) is 24.3 Å². The average molecular weight is 770 g/mol. The molecule has 2 aromatic heterocycles. The SMILES string of the molecule is CN1C(=O)C2(C)CC(C)(C(=O)NCc3ccc(-n4nc(C(C)(C)C)cc4NC(=O)Nc4ccc(OCCc5ccncc5)c5ccccc45)cc3)CC(C)(C2)C1=O. The molecular weight excluding hydrogens is 719 g/mol. The van der Waals surface area contributed by atoms with Crippen molar-refractivity contribution in [3.63, 3.8) is 0 Å². The Bertz CT molecular complexity index is 2320. The number of ether oxygens (including phenoxy) is 1. The Morgan fingerprint density at radius 1 is 0.807 bits per heavy atom. The van der Waals surface area contributed by atoms with E-state index < -0.39 is 22.3 Å². The summed E-state index contributed by atoms with van der Waals surface area (Å²) < 4.78 is 7.88. The van der Waals surface area contributed by atoms with E-state index in [0.717, 1.165) is 45.5 Å². The minimum Gasteiger partial charge on any atom is -0.493 e. The lowest BCUT2D eigenvalue weighted by atomic mass is 9.51. The summed E-state index contributed by atoms with van der Waals surface area (Å²) in [6.07, 6.45) is 5.48. The number of urea groups is 1. The number of amides is 5. The summed E-state index contributed by atoms with van der Waals surface area (Å²) in [4.78, 5) is 58.9. The maximum absolute atomic E-state index is 13.7. The summed E-state index contributed by atoms with van der Waals surface area (Å²) in [6.45, 7) is 12.6. The summed E-state index contributed by atoms with van der Waals surface area (Å²) in [5, 5.41) is 15.7. The summed E-state index contributed by atoms with van der Waals surface area (Å²) in [5.74, 6) is 0.605. The monoisotopic (exact) mass is 769 g/mol. The molecule has 12 heteroatoms. The number of carbonyl (C=O) groups is 4. The van der Waals surface area contributed by atoms with Crippen LogP contribution in [0.15, 0.2) is 91.3 Å². The molecule has 0 radical (unpaired) electrons. The molecule has 0 spiro atoms. The van der Waals surface area contributed by atoms with Gasteiger partial charge >= 0.3 is 6.03 Å². The topological polar surface area (TPSA) is 148 Å². The Morgan fingerprint density at radius 2 is 1.46 bits per heavy atom. The maximum Gasteiger partial charge on any atom is 0.324 e. The van der Waals surface area contributed by atoms with E-state index in [1.165, 1.54) is 4.90 Å². The Kier molecular flexibility index (Phi) is 10.2. The van der Waals surface area contributed by atoms with Crippen LogP contribution >= 0.6 is 0 Å². The molecule has 1 saturated heterocycles. The number of nitrogens with zero attached hydrogens (tertiary/aromatic N) is 4. The highest BCUT2D eigenvalue weighted by molar-refractivity contribution is 6.07. The van der Waals surface area contributed by atoms with Crippen LogP contribution < -0.4 is 20.7 Å². The largest absolute Gasteiger partial charge is 0.493 e. The molecule has 3 heterocycles. The number of piperidine rings is 1. The zero-order chi connectivity index (χ0) is 40.8. The molecule has 57 heavy (non-hydrogen) atoms. The first-order chi connectivity index (χ1) is 27.0. The normalized spacial score (nSPS) is 22.0. The van der Waals surface area contributed by atoms with Gasteiger partial charge in [-0.2, -0.15) is 5.10 Å². The molecule has 296 valence electrons. The number of likely N-dealkylation sites (tertiary alicyclic amines) is 1. The second-order valence-electron chi connectivity index (χ2n) is 17.5. The van der Waals surface area contributed by atoms with Gasteiger partial charge in [0.05, 0.1) is 23.7 Å². The summed E-state index contributed by atoms with van der Waals surface area (Å²) in [7, 11) is 1.54. The van der Waals surface area contributed by atoms with Crippen molar-refractivity contribution in [3.05, 3.63) is 108 Å². The molecule has 2 aliphatic rings. The van der Waals surface area contributed by atoms with Crippen molar-refractivity contribution in [2.24, 2.45) is 16.2 Å². The number of aromatic nitrogens is 3. The van der Waals surface area contributed by atoms with Gasteiger partial charge in [-0.3, -0.25) is 29.6 Å². The van der Waals surface area contributed by atoms with Crippen molar-refractivity contribution < 1.29 is 23.9 Å². The smallest absolute Gasteiger partial charge is 0.324 e. The number of carbonyl (C=O) groups excluding carboxylic acids is 4. The van der Waals surface area contributed by atoms with Crippen LogP contribution in [0.1, 0.15) is 77.6 Å². The highest BCUT2D eigenvalue weighted by Gasteiger charge is 2.62. The van der Waals surface area contributed by atoms with Crippen LogP contribution in [0.5, 0.6) is 5.75 Å². The molecule has 7 rings (SSSR count). The molecule has 2 atom stereocenters. The fourth-order valence-electron chi connectivity index (χ4n) is 8.92. The molecular formula is C45H51N7O5. The van der Waals surface area contributed by atoms with Crippen molar-refractivity contribution in [3.8, 4) is 11.4 Å². The molecule has 2 unspecified atom stereocenters. The molecule has 12 nitrogen and oxygen atoms in total. The van der Waals surface area contributed by atoms with Gasteiger partial charge < -0.3 is 15.4 Å². The van der Waals surface area contributed by atoms with Crippen LogP contribution in [-0.4, -0.2) is 57.1 Å². The van der Waals surface area contributed by atoms with E-state index in [9.17, 15) is 19.2 Å². The zero-order valence-corrected chi connectivity index (χ0v) is 33.7. The van der Waals surface area contributed by atoms with Gasteiger partial charge in [-0.25, -0.2) is 9.48 Å². The van der Waals surface area contributed by atoms with Gasteiger partial charge in [0.1, 0.15) is 11.6 Å². The maximum atomic E-state index is 13.7. The summed E-state index contributed by atoms with van der Waals surface area (Å²) >= 11 is 0. The first kappa shape index (κ1) is 39.2. The van der Waals surface area contributed by atoms with Gasteiger partial charge in [0.2, 0.25) is 17.7 Å². The van der Waals surface area contributed by atoms with Gasteiger partial charge in [-0.1, -0.05) is 77.9 Å². The second-order valence-corrected chi connectivity index (χ2v) is 17.5. The van der Waals surface area contributed by atoms with Gasteiger partial charge in [-0.05, 0) is 66.8 Å². The average Bonchev–Trinajstić information content (AvgIpc) is 3.61. The third-order valence-corrected chi connectivity index (χ3v) is 11.4. The zero-order valence-electron chi connectivity index (χ0n) is 33.7. The number of fused-ring (bicyclic) bond motifs is 3. The number of hydrogen-bond donors (Lipinski definition) is 3. The van der Waals surface area contributed by atoms with Crippen molar-refractivity contribution in [1.29, 1.82) is 0 Å². The van der Waals surface area contributed by atoms with Crippen molar-refractivity contribution >= 4 is 46.0 Å². The quantitative estimate of drug-likeness (QED) is 0.123. The van der Waals surface area contributed by atoms with E-state index in [1.807, 2.05) is 99.6 Å².